The van der Waals surface area contributed by atoms with Crippen molar-refractivity contribution in [3.8, 4) is 0 Å². The van der Waals surface area contributed by atoms with Gasteiger partial charge in [-0.2, -0.15) is 0 Å². The second kappa shape index (κ2) is 4.12. The number of rotatable bonds is 2. The van der Waals surface area contributed by atoms with E-state index in [-0.39, 0.29) is 46.6 Å². The molecule has 1 aliphatic heterocycles. The van der Waals surface area contributed by atoms with Crippen molar-refractivity contribution in [1.29, 1.82) is 0 Å². The van der Waals surface area contributed by atoms with Crippen molar-refractivity contribution >= 4 is 23.2 Å². The van der Waals surface area contributed by atoms with Gasteiger partial charge in [0.15, 0.2) is 0 Å². The third-order valence-corrected chi connectivity index (χ3v) is 6.50. The predicted octanol–water partition coefficient (Wildman–Crippen LogP) is 2.60. The molecular weight excluding hydrogens is 308 g/mol. The van der Waals surface area contributed by atoms with Crippen LogP contribution in [0.1, 0.15) is 18.4 Å². The molecule has 3 fully saturated rings. The van der Waals surface area contributed by atoms with Gasteiger partial charge >= 0.3 is 0 Å². The number of benzene rings is 1. The number of anilines is 1. The van der Waals surface area contributed by atoms with E-state index >= 15 is 0 Å². The lowest BCUT2D eigenvalue weighted by Crippen LogP contribution is -2.35. The molecule has 6 nitrogen and oxygen atoms in total. The number of non-ortho nitro benzene ring substituents is 1. The topological polar surface area (TPSA) is 80.5 Å². The van der Waals surface area contributed by atoms with Crippen LogP contribution in [-0.4, -0.2) is 16.7 Å². The van der Waals surface area contributed by atoms with Crippen molar-refractivity contribution in [2.75, 3.05) is 4.90 Å². The molecule has 2 amide bonds. The number of nitrogens with zero attached hydrogens (tertiary/aromatic N) is 2. The summed E-state index contributed by atoms with van der Waals surface area (Å²) in [4.78, 5) is 37.8. The second-order valence-electron chi connectivity index (χ2n) is 7.46. The number of hydrogen-bond acceptors (Lipinski definition) is 4. The van der Waals surface area contributed by atoms with Crippen LogP contribution in [0, 0.1) is 46.1 Å². The van der Waals surface area contributed by atoms with E-state index in [1.165, 1.54) is 17.0 Å². The molecule has 0 N–H and O–H groups in total. The molecule has 3 aliphatic carbocycles. The van der Waals surface area contributed by atoms with Crippen molar-refractivity contribution < 1.29 is 14.5 Å². The maximum atomic E-state index is 13.0. The highest BCUT2D eigenvalue weighted by Gasteiger charge is 2.73. The predicted molar refractivity (Wildman–Crippen MR) is 85.1 cm³/mol. The summed E-state index contributed by atoms with van der Waals surface area (Å²) in [7, 11) is 0. The number of amides is 2. The molecule has 1 spiro atoms. The molecule has 122 valence electrons. The number of imide groups is 1. The summed E-state index contributed by atoms with van der Waals surface area (Å²) < 4.78 is 0. The Labute approximate surface area is 138 Å². The Morgan fingerprint density at radius 2 is 1.71 bits per heavy atom. The van der Waals surface area contributed by atoms with Crippen molar-refractivity contribution in [2.24, 2.45) is 29.1 Å². The van der Waals surface area contributed by atoms with E-state index in [4.69, 9.17) is 0 Å². The van der Waals surface area contributed by atoms with Gasteiger partial charge in [-0.25, -0.2) is 4.90 Å². The first kappa shape index (κ1) is 13.9. The van der Waals surface area contributed by atoms with Crippen molar-refractivity contribution in [3.63, 3.8) is 0 Å². The fourth-order valence-electron chi connectivity index (χ4n) is 5.27. The molecule has 0 aromatic heterocycles. The van der Waals surface area contributed by atoms with Gasteiger partial charge < -0.3 is 0 Å². The average Bonchev–Trinajstić information content (AvgIpc) is 3.14. The minimum atomic E-state index is -0.501. The zero-order valence-corrected chi connectivity index (χ0v) is 13.1. The molecule has 1 aromatic rings. The van der Waals surface area contributed by atoms with Crippen LogP contribution in [0.25, 0.3) is 0 Å². The van der Waals surface area contributed by atoms with Crippen LogP contribution < -0.4 is 4.90 Å². The maximum absolute atomic E-state index is 13.0. The number of nitro benzene ring substituents is 1. The monoisotopic (exact) mass is 324 g/mol. The van der Waals surface area contributed by atoms with Crippen LogP contribution in [0.4, 0.5) is 11.4 Å². The van der Waals surface area contributed by atoms with E-state index in [0.29, 0.717) is 11.3 Å². The van der Waals surface area contributed by atoms with Crippen molar-refractivity contribution in [1.82, 2.24) is 0 Å². The molecule has 1 saturated heterocycles. The van der Waals surface area contributed by atoms with Crippen LogP contribution in [0.2, 0.25) is 0 Å². The number of carbonyl (C=O) groups is 2. The number of aryl methyl sites for hydroxylation is 1. The molecule has 0 unspecified atom stereocenters. The normalized spacial score (nSPS) is 34.3. The lowest BCUT2D eigenvalue weighted by atomic mass is 9.85. The summed E-state index contributed by atoms with van der Waals surface area (Å²) >= 11 is 0. The summed E-state index contributed by atoms with van der Waals surface area (Å²) in [5.41, 5.74) is 1.11. The van der Waals surface area contributed by atoms with Crippen molar-refractivity contribution in [2.45, 2.75) is 19.8 Å². The Hall–Kier alpha value is -2.50. The highest BCUT2D eigenvalue weighted by molar-refractivity contribution is 6.23. The van der Waals surface area contributed by atoms with Gasteiger partial charge in [0.05, 0.1) is 22.4 Å². The fraction of sp³-hybridized carbons (Fsp3) is 0.444. The van der Waals surface area contributed by atoms with E-state index in [1.807, 2.05) is 0 Å². The van der Waals surface area contributed by atoms with Gasteiger partial charge in [-0.15, -0.1) is 0 Å². The third kappa shape index (κ3) is 1.42. The first-order valence-electron chi connectivity index (χ1n) is 8.27. The van der Waals surface area contributed by atoms with Crippen LogP contribution in [-0.2, 0) is 9.59 Å². The maximum Gasteiger partial charge on any atom is 0.271 e. The summed E-state index contributed by atoms with van der Waals surface area (Å²) in [6.07, 6.45) is 6.43. The Bertz CT molecular complexity index is 821. The number of fused-ring (bicyclic) bond motifs is 3. The third-order valence-electron chi connectivity index (χ3n) is 6.50. The zero-order chi connectivity index (χ0) is 16.8. The SMILES string of the molecule is Cc1ccc([N+](=O)[O-])cc1N1C(=O)[C@@H]2[C@H](C1=O)[C@@H]1C=C[C@@H]2C12CC2. The Morgan fingerprint density at radius 1 is 1.12 bits per heavy atom. The molecule has 2 saturated carbocycles. The van der Waals surface area contributed by atoms with Gasteiger partial charge in [-0.05, 0) is 42.6 Å². The Kier molecular flexibility index (Phi) is 2.39. The minimum absolute atomic E-state index is 0.104. The summed E-state index contributed by atoms with van der Waals surface area (Å²) in [6.45, 7) is 1.77. The molecule has 2 bridgehead atoms. The van der Waals surface area contributed by atoms with Crippen LogP contribution in [0.5, 0.6) is 0 Å². The molecule has 24 heavy (non-hydrogen) atoms. The quantitative estimate of drug-likeness (QED) is 0.362. The van der Waals surface area contributed by atoms with Gasteiger partial charge in [0, 0.05) is 12.1 Å². The Balaban J connectivity index is 1.59. The molecule has 1 heterocycles. The van der Waals surface area contributed by atoms with Gasteiger partial charge in [-0.3, -0.25) is 19.7 Å². The summed E-state index contributed by atoms with van der Waals surface area (Å²) in [5, 5.41) is 11.1. The number of nitro groups is 1. The highest BCUT2D eigenvalue weighted by atomic mass is 16.6. The van der Waals surface area contributed by atoms with Gasteiger partial charge in [-0.1, -0.05) is 18.2 Å². The smallest absolute Gasteiger partial charge is 0.271 e. The summed E-state index contributed by atoms with van der Waals surface area (Å²) in [6, 6.07) is 4.33. The van der Waals surface area contributed by atoms with E-state index in [9.17, 15) is 19.7 Å². The van der Waals surface area contributed by atoms with Gasteiger partial charge in [0.2, 0.25) is 11.8 Å². The number of allylic oxidation sites excluding steroid dienone is 2. The fourth-order valence-corrected chi connectivity index (χ4v) is 5.27. The largest absolute Gasteiger partial charge is 0.274 e. The lowest BCUT2D eigenvalue weighted by molar-refractivity contribution is -0.384. The molecule has 4 atom stereocenters. The van der Waals surface area contributed by atoms with E-state index in [2.05, 4.69) is 12.2 Å². The Morgan fingerprint density at radius 3 is 2.21 bits per heavy atom. The van der Waals surface area contributed by atoms with E-state index in [1.54, 1.807) is 13.0 Å². The standard InChI is InChI=1S/C18H16N2O4/c1-9-2-3-10(20(23)24)8-13(9)19-16(21)14-11-4-5-12(15(14)17(19)22)18(11)6-7-18/h2-5,8,11-12,14-15H,6-7H2,1H3/t11-,12-,14-,15+/m0/s1. The summed E-state index contributed by atoms with van der Waals surface area (Å²) in [5.74, 6) is -0.614. The first-order valence-corrected chi connectivity index (χ1v) is 8.27. The molecule has 4 aliphatic rings. The van der Waals surface area contributed by atoms with Crippen LogP contribution >= 0.6 is 0 Å². The number of carbonyl (C=O) groups excluding carboxylic acids is 2. The first-order chi connectivity index (χ1) is 11.5. The van der Waals surface area contributed by atoms with Crippen LogP contribution in [0.3, 0.4) is 0 Å². The minimum Gasteiger partial charge on any atom is -0.274 e. The van der Waals surface area contributed by atoms with Crippen molar-refractivity contribution in [3.05, 3.63) is 46.0 Å². The van der Waals surface area contributed by atoms with Gasteiger partial charge in [0.25, 0.3) is 5.69 Å². The lowest BCUT2D eigenvalue weighted by Gasteiger charge is -2.22. The van der Waals surface area contributed by atoms with Gasteiger partial charge in [0.1, 0.15) is 0 Å². The molecule has 5 rings (SSSR count). The average molecular weight is 324 g/mol. The zero-order valence-electron chi connectivity index (χ0n) is 13.1. The van der Waals surface area contributed by atoms with E-state index in [0.717, 1.165) is 12.8 Å². The highest BCUT2D eigenvalue weighted by Crippen LogP contribution is 2.73. The van der Waals surface area contributed by atoms with E-state index < -0.39 is 4.92 Å². The molecular formula is C18H16N2O4. The molecule has 1 aromatic carbocycles. The second-order valence-corrected chi connectivity index (χ2v) is 7.46. The number of hydrogen-bond donors (Lipinski definition) is 0. The van der Waals surface area contributed by atoms with Crippen LogP contribution in [0.15, 0.2) is 30.4 Å². The molecule has 0 radical (unpaired) electrons. The molecule has 6 heteroatoms.